The van der Waals surface area contributed by atoms with E-state index >= 15 is 0 Å². The van der Waals surface area contributed by atoms with Gasteiger partial charge in [0.25, 0.3) is 23.3 Å². The number of hydrogen-bond donors (Lipinski definition) is 4. The average Bonchev–Trinajstić information content (AvgIpc) is 4.00. The molecule has 19 heteroatoms. The van der Waals surface area contributed by atoms with E-state index in [2.05, 4.69) is 56.2 Å². The highest BCUT2D eigenvalue weighted by atomic mass is 16.3. The average molecular weight is 1030 g/mol. The molecule has 5 aliphatic rings. The zero-order valence-electron chi connectivity index (χ0n) is 43.8. The summed E-state index contributed by atoms with van der Waals surface area (Å²) in [6.07, 6.45) is 14.5. The molecular weight excluding hydrogens is 967 g/mol. The second kappa shape index (κ2) is 21.5. The Bertz CT molecular complexity index is 3180. The van der Waals surface area contributed by atoms with E-state index in [4.69, 9.17) is 0 Å². The predicted molar refractivity (Wildman–Crippen MR) is 288 cm³/mol. The molecule has 0 saturated carbocycles. The summed E-state index contributed by atoms with van der Waals surface area (Å²) in [5.41, 5.74) is 7.16. The van der Waals surface area contributed by atoms with Crippen LogP contribution >= 0.6 is 0 Å². The molecule has 2 fully saturated rings. The van der Waals surface area contributed by atoms with Crippen molar-refractivity contribution in [2.24, 2.45) is 12.5 Å². The van der Waals surface area contributed by atoms with Gasteiger partial charge >= 0.3 is 0 Å². The van der Waals surface area contributed by atoms with Gasteiger partial charge in [-0.3, -0.25) is 48.7 Å². The summed E-state index contributed by atoms with van der Waals surface area (Å²) in [4.78, 5) is 108. The number of carbonyl (C=O) groups is 6. The third-order valence-corrected chi connectivity index (χ3v) is 15.7. The van der Waals surface area contributed by atoms with Crippen LogP contribution in [0.15, 0.2) is 71.9 Å². The minimum atomic E-state index is -1.00. The SMILES string of the molecule is C[C@H]1CN(C(=O)CCCCCCCCCNc2cccc3c2C(=O)N(C2CCC(=O)NC2=O)C3=O)CCN1c1ccc(Nc2cc(-c3ccnc(N4CCn5c(cc6c5CC(C)(C)C6)C4=O)c3CO)cn(C)c2=O)nc1. The standard InChI is InChI=1S/C57H67N11O8/c1-35-32-64(49(71)15-10-8-6-5-7-9-11-21-58-42-14-12-13-40-50(42)56(76)68(53(40)73)44-17-19-48(70)62-52(44)72)23-24-65(35)38-16-18-47(60-31-38)61-43-27-37(33-63(4)54(43)74)39-20-22-59-51(41(39)34-69)67-26-25-66-45(55(67)75)28-36-29-57(2,3)30-46(36)66/h12-14,16,18,20,22,27-28,31,33,35,44,58,69H,5-11,15,17,19,21,23-26,29-30,32,34H2,1-4H3,(H,60,61)(H,62,70,72)/t35-,44?/m0/s1. The van der Waals surface area contributed by atoms with Crippen molar-refractivity contribution in [1.82, 2.24) is 34.2 Å². The summed E-state index contributed by atoms with van der Waals surface area (Å²) in [6.45, 7) is 9.83. The number of fused-ring (bicyclic) bond motifs is 4. The zero-order valence-corrected chi connectivity index (χ0v) is 43.8. The maximum absolute atomic E-state index is 14.0. The first-order valence-electron chi connectivity index (χ1n) is 26.8. The van der Waals surface area contributed by atoms with Crippen LogP contribution in [0.5, 0.6) is 0 Å². The van der Waals surface area contributed by atoms with Crippen LogP contribution in [0.4, 0.5) is 28.7 Å². The number of amides is 6. The molecule has 10 rings (SSSR count). The van der Waals surface area contributed by atoms with E-state index in [-0.39, 0.29) is 59.4 Å². The van der Waals surface area contributed by atoms with E-state index in [0.717, 1.165) is 68.4 Å². The highest BCUT2D eigenvalue weighted by Crippen LogP contribution is 2.41. The molecule has 4 aliphatic heterocycles. The molecule has 4 N–H and O–H groups in total. The smallest absolute Gasteiger partial charge is 0.276 e. The first-order chi connectivity index (χ1) is 36.6. The fourth-order valence-corrected chi connectivity index (χ4v) is 11.9. The fraction of sp³-hybridized carbons (Fsp3) is 0.456. The lowest BCUT2D eigenvalue weighted by atomic mass is 9.90. The Labute approximate surface area is 441 Å². The number of rotatable bonds is 18. The van der Waals surface area contributed by atoms with Crippen molar-refractivity contribution in [3.05, 3.63) is 111 Å². The molecule has 19 nitrogen and oxygen atoms in total. The van der Waals surface area contributed by atoms with Gasteiger partial charge in [0.2, 0.25) is 17.7 Å². The molecule has 0 spiro atoms. The van der Waals surface area contributed by atoms with Crippen LogP contribution in [0.25, 0.3) is 11.1 Å². The molecule has 5 aromatic rings. The minimum absolute atomic E-state index is 0.0694. The first-order valence-corrected chi connectivity index (χ1v) is 26.8. The minimum Gasteiger partial charge on any atom is -0.392 e. The van der Waals surface area contributed by atoms with Crippen molar-refractivity contribution in [1.29, 1.82) is 0 Å². The Kier molecular flexibility index (Phi) is 14.7. The lowest BCUT2D eigenvalue weighted by Gasteiger charge is -2.41. The van der Waals surface area contributed by atoms with Gasteiger partial charge in [-0.15, -0.1) is 0 Å². The molecular formula is C57H67N11O8. The highest BCUT2D eigenvalue weighted by Gasteiger charge is 2.46. The summed E-state index contributed by atoms with van der Waals surface area (Å²) in [6, 6.07) is 13.5. The molecule has 1 unspecified atom stereocenters. The van der Waals surface area contributed by atoms with Gasteiger partial charge in [-0.25, -0.2) is 9.97 Å². The van der Waals surface area contributed by atoms with Crippen LogP contribution in [-0.2, 0) is 47.4 Å². The number of hydrogen-bond acceptors (Lipinski definition) is 13. The lowest BCUT2D eigenvalue weighted by Crippen LogP contribution is -2.54. The Morgan fingerprint density at radius 3 is 2.38 bits per heavy atom. The number of nitrogens with zero attached hydrogens (tertiary/aromatic N) is 8. The number of anilines is 5. The van der Waals surface area contributed by atoms with Crippen LogP contribution in [0, 0.1) is 5.41 Å². The fourth-order valence-electron chi connectivity index (χ4n) is 11.9. The quantitative estimate of drug-likeness (QED) is 0.0557. The number of aliphatic hydroxyl groups excluding tert-OH is 1. The van der Waals surface area contributed by atoms with Crippen molar-refractivity contribution >= 4 is 64.1 Å². The molecule has 4 aromatic heterocycles. The van der Waals surface area contributed by atoms with Gasteiger partial charge in [0, 0.05) is 100 Å². The Morgan fingerprint density at radius 1 is 0.842 bits per heavy atom. The number of carbonyl (C=O) groups excluding carboxylic acids is 6. The van der Waals surface area contributed by atoms with Gasteiger partial charge in [0.15, 0.2) is 0 Å². The third kappa shape index (κ3) is 10.2. The molecule has 2 saturated heterocycles. The van der Waals surface area contributed by atoms with Gasteiger partial charge < -0.3 is 34.7 Å². The number of unbranched alkanes of at least 4 members (excludes halogenated alkanes) is 6. The number of piperidine rings is 1. The summed E-state index contributed by atoms with van der Waals surface area (Å²) < 4.78 is 3.64. The van der Waals surface area contributed by atoms with Crippen molar-refractivity contribution in [2.45, 2.75) is 123 Å². The maximum Gasteiger partial charge on any atom is 0.276 e. The molecule has 6 amide bonds. The maximum atomic E-state index is 14.0. The van der Waals surface area contributed by atoms with Crippen LogP contribution in [0.2, 0.25) is 0 Å². The van der Waals surface area contributed by atoms with Gasteiger partial charge in [-0.1, -0.05) is 52.0 Å². The zero-order chi connectivity index (χ0) is 53.4. The van der Waals surface area contributed by atoms with E-state index in [9.17, 15) is 38.7 Å². The summed E-state index contributed by atoms with van der Waals surface area (Å²) in [5.74, 6) is -1.16. The van der Waals surface area contributed by atoms with E-state index in [0.29, 0.717) is 91.1 Å². The van der Waals surface area contributed by atoms with E-state index in [1.807, 2.05) is 23.1 Å². The largest absolute Gasteiger partial charge is 0.392 e. The van der Waals surface area contributed by atoms with Crippen LogP contribution in [0.3, 0.4) is 0 Å². The van der Waals surface area contributed by atoms with E-state index in [1.165, 1.54) is 15.8 Å². The van der Waals surface area contributed by atoms with Gasteiger partial charge in [0.1, 0.15) is 29.1 Å². The third-order valence-electron chi connectivity index (χ3n) is 15.7. The molecule has 1 aliphatic carbocycles. The summed E-state index contributed by atoms with van der Waals surface area (Å²) >= 11 is 0. The number of imide groups is 2. The Morgan fingerprint density at radius 2 is 1.63 bits per heavy atom. The number of piperazine rings is 1. The molecule has 8 heterocycles. The normalized spacial score (nSPS) is 19.0. The van der Waals surface area contributed by atoms with E-state index < -0.39 is 29.7 Å². The van der Waals surface area contributed by atoms with Crippen molar-refractivity contribution in [2.75, 3.05) is 53.2 Å². The molecule has 0 bridgehead atoms. The van der Waals surface area contributed by atoms with Crippen LogP contribution in [0.1, 0.15) is 133 Å². The van der Waals surface area contributed by atoms with Crippen molar-refractivity contribution in [3.63, 3.8) is 0 Å². The summed E-state index contributed by atoms with van der Waals surface area (Å²) in [5, 5.41) is 19.5. The molecule has 1 aromatic carbocycles. The van der Waals surface area contributed by atoms with Gasteiger partial charge in [-0.05, 0) is 98.0 Å². The highest BCUT2D eigenvalue weighted by molar-refractivity contribution is 6.25. The molecule has 398 valence electrons. The van der Waals surface area contributed by atoms with Crippen LogP contribution in [-0.4, -0.2) is 114 Å². The van der Waals surface area contributed by atoms with Crippen LogP contribution < -0.4 is 31.3 Å². The monoisotopic (exact) mass is 1030 g/mol. The van der Waals surface area contributed by atoms with Gasteiger partial charge in [0.05, 0.1) is 29.6 Å². The van der Waals surface area contributed by atoms with Crippen molar-refractivity contribution < 1.29 is 33.9 Å². The number of aromatic nitrogens is 4. The molecule has 76 heavy (non-hydrogen) atoms. The number of pyridine rings is 3. The van der Waals surface area contributed by atoms with Gasteiger partial charge in [-0.2, -0.15) is 0 Å². The second-order valence-corrected chi connectivity index (χ2v) is 21.7. The number of nitrogens with one attached hydrogen (secondary N) is 3. The van der Waals surface area contributed by atoms with Crippen molar-refractivity contribution in [3.8, 4) is 11.1 Å². The number of benzene rings is 1. The number of aryl methyl sites for hydroxylation is 1. The first kappa shape index (κ1) is 51.8. The Balaban J connectivity index is 0.657. The van der Waals surface area contributed by atoms with E-state index in [1.54, 1.807) is 60.9 Å². The lowest BCUT2D eigenvalue weighted by molar-refractivity contribution is -0.136. The molecule has 2 atom stereocenters. The number of aliphatic hydroxyl groups is 1. The second-order valence-electron chi connectivity index (χ2n) is 21.7. The Hall–Kier alpha value is -7.67. The predicted octanol–water partition coefficient (Wildman–Crippen LogP) is 6.34. The molecule has 0 radical (unpaired) electrons. The summed E-state index contributed by atoms with van der Waals surface area (Å²) in [7, 11) is 1.67. The topological polar surface area (TPSA) is 224 Å².